The predicted molar refractivity (Wildman–Crippen MR) is 192 cm³/mol. The lowest BCUT2D eigenvalue weighted by molar-refractivity contribution is -0.123. The van der Waals surface area contributed by atoms with Gasteiger partial charge in [0.05, 0.1) is 7.11 Å². The van der Waals surface area contributed by atoms with Crippen LogP contribution in [0.5, 0.6) is 5.75 Å². The minimum Gasteiger partial charge on any atom is -0.496 e. The molecule has 1 amide bonds. The fourth-order valence-corrected chi connectivity index (χ4v) is 8.30. The average molecular weight is 640 g/mol. The van der Waals surface area contributed by atoms with Crippen LogP contribution in [0.2, 0.25) is 0 Å². The van der Waals surface area contributed by atoms with Crippen LogP contribution >= 0.6 is 0 Å². The number of primary amides is 1. The Kier molecular flexibility index (Phi) is 12.9. The molecule has 2 N–H and O–H groups in total. The number of likely N-dealkylation sites (tertiary alicyclic amines) is 2. The van der Waals surface area contributed by atoms with E-state index in [0.717, 1.165) is 74.7 Å². The van der Waals surface area contributed by atoms with Crippen LogP contribution < -0.4 is 10.5 Å². The number of ether oxygens (including phenoxy) is 1. The second kappa shape index (κ2) is 17.2. The molecular weight excluding hydrogens is 582 g/mol. The van der Waals surface area contributed by atoms with E-state index in [0.29, 0.717) is 6.04 Å². The SMILES string of the molecule is CCN(CCCCCCCN1CCC(C(C(N)=O)(c2ccccc2)c2cccc(C)c2)C1)C1CCN(Cc2cnccc2OC)CC1. The number of unbranched alkanes of at least 4 members (excludes halogenated alkanes) is 4. The topological polar surface area (TPSA) is 74.9 Å². The third kappa shape index (κ3) is 8.62. The molecule has 0 aliphatic carbocycles. The number of benzene rings is 2. The number of nitrogens with two attached hydrogens (primary N) is 1. The first-order chi connectivity index (χ1) is 22.9. The summed E-state index contributed by atoms with van der Waals surface area (Å²) in [5.74, 6) is 0.862. The van der Waals surface area contributed by atoms with E-state index in [-0.39, 0.29) is 11.8 Å². The second-order valence-electron chi connectivity index (χ2n) is 13.8. The first-order valence-corrected chi connectivity index (χ1v) is 18.0. The van der Waals surface area contributed by atoms with Gasteiger partial charge in [0, 0.05) is 37.1 Å². The summed E-state index contributed by atoms with van der Waals surface area (Å²) in [6, 6.07) is 21.3. The first kappa shape index (κ1) is 35.1. The Balaban J connectivity index is 1.03. The Labute approximate surface area is 283 Å². The van der Waals surface area contributed by atoms with E-state index in [2.05, 4.69) is 69.9 Å². The number of carbonyl (C=O) groups is 1. The summed E-state index contributed by atoms with van der Waals surface area (Å²) >= 11 is 0. The van der Waals surface area contributed by atoms with Crippen LogP contribution in [0.25, 0.3) is 0 Å². The number of aromatic nitrogens is 1. The van der Waals surface area contributed by atoms with Crippen molar-refractivity contribution >= 4 is 5.91 Å². The number of hydrogen-bond acceptors (Lipinski definition) is 6. The highest BCUT2D eigenvalue weighted by Gasteiger charge is 2.49. The van der Waals surface area contributed by atoms with Gasteiger partial charge in [-0.05, 0) is 101 Å². The fraction of sp³-hybridized carbons (Fsp3) is 0.550. The van der Waals surface area contributed by atoms with Crippen LogP contribution in [0.1, 0.15) is 80.5 Å². The van der Waals surface area contributed by atoms with Crippen molar-refractivity contribution in [2.24, 2.45) is 11.7 Å². The van der Waals surface area contributed by atoms with E-state index < -0.39 is 5.41 Å². The van der Waals surface area contributed by atoms with Crippen LogP contribution in [-0.2, 0) is 16.8 Å². The molecular formula is C40H57N5O2. The van der Waals surface area contributed by atoms with Crippen LogP contribution in [-0.4, -0.2) is 84.6 Å². The monoisotopic (exact) mass is 639 g/mol. The number of nitrogens with zero attached hydrogens (tertiary/aromatic N) is 4. The molecule has 254 valence electrons. The Morgan fingerprint density at radius 1 is 0.936 bits per heavy atom. The van der Waals surface area contributed by atoms with Crippen LogP contribution in [0.3, 0.4) is 0 Å². The number of piperidine rings is 1. The van der Waals surface area contributed by atoms with Gasteiger partial charge in [0.25, 0.3) is 0 Å². The minimum atomic E-state index is -0.809. The Hall–Kier alpha value is -3.26. The fourth-order valence-electron chi connectivity index (χ4n) is 8.30. The van der Waals surface area contributed by atoms with Crippen LogP contribution in [0, 0.1) is 12.8 Å². The lowest BCUT2D eigenvalue weighted by atomic mass is 9.64. The van der Waals surface area contributed by atoms with E-state index in [4.69, 9.17) is 10.5 Å². The van der Waals surface area contributed by atoms with Crippen molar-refractivity contribution in [1.29, 1.82) is 0 Å². The molecule has 0 radical (unpaired) electrons. The Morgan fingerprint density at radius 2 is 1.66 bits per heavy atom. The molecule has 2 fully saturated rings. The van der Waals surface area contributed by atoms with Gasteiger partial charge >= 0.3 is 0 Å². The minimum absolute atomic E-state index is 0.161. The van der Waals surface area contributed by atoms with Gasteiger partial charge in [-0.2, -0.15) is 0 Å². The summed E-state index contributed by atoms with van der Waals surface area (Å²) in [5.41, 5.74) is 9.90. The summed E-state index contributed by atoms with van der Waals surface area (Å²) in [5, 5.41) is 0. The van der Waals surface area contributed by atoms with Crippen molar-refractivity contribution in [2.75, 3.05) is 52.9 Å². The van der Waals surface area contributed by atoms with Crippen molar-refractivity contribution in [1.82, 2.24) is 19.7 Å². The van der Waals surface area contributed by atoms with Gasteiger partial charge in [0.2, 0.25) is 5.91 Å². The molecule has 7 nitrogen and oxygen atoms in total. The third-order valence-corrected chi connectivity index (χ3v) is 10.8. The molecule has 0 spiro atoms. The summed E-state index contributed by atoms with van der Waals surface area (Å²) in [4.78, 5) is 25.6. The number of hydrogen-bond donors (Lipinski definition) is 1. The van der Waals surface area contributed by atoms with Crippen molar-refractivity contribution in [3.05, 3.63) is 95.3 Å². The largest absolute Gasteiger partial charge is 0.496 e. The third-order valence-electron chi connectivity index (χ3n) is 10.8. The van der Waals surface area contributed by atoms with Gasteiger partial charge in [0.15, 0.2) is 0 Å². The number of carbonyl (C=O) groups excluding carboxylic acids is 1. The van der Waals surface area contributed by atoms with E-state index >= 15 is 0 Å². The summed E-state index contributed by atoms with van der Waals surface area (Å²) in [7, 11) is 1.74. The number of amides is 1. The quantitative estimate of drug-likeness (QED) is 0.172. The second-order valence-corrected chi connectivity index (χ2v) is 13.8. The van der Waals surface area contributed by atoms with Crippen molar-refractivity contribution in [3.63, 3.8) is 0 Å². The van der Waals surface area contributed by atoms with Crippen molar-refractivity contribution in [3.8, 4) is 5.75 Å². The summed E-state index contributed by atoms with van der Waals surface area (Å²) in [6.45, 7) is 13.0. The highest BCUT2D eigenvalue weighted by Crippen LogP contribution is 2.44. The Bertz CT molecular complexity index is 1390. The Morgan fingerprint density at radius 3 is 2.38 bits per heavy atom. The number of aryl methyl sites for hydroxylation is 1. The molecule has 2 aliphatic rings. The predicted octanol–water partition coefficient (Wildman–Crippen LogP) is 6.43. The molecule has 47 heavy (non-hydrogen) atoms. The van der Waals surface area contributed by atoms with E-state index in [9.17, 15) is 4.79 Å². The van der Waals surface area contributed by atoms with Gasteiger partial charge in [-0.25, -0.2) is 0 Å². The lowest BCUT2D eigenvalue weighted by Gasteiger charge is -2.38. The average Bonchev–Trinajstić information content (AvgIpc) is 3.56. The zero-order valence-corrected chi connectivity index (χ0v) is 29.1. The molecule has 2 saturated heterocycles. The van der Waals surface area contributed by atoms with Crippen molar-refractivity contribution < 1.29 is 9.53 Å². The van der Waals surface area contributed by atoms with E-state index in [1.54, 1.807) is 13.3 Å². The highest BCUT2D eigenvalue weighted by molar-refractivity contribution is 5.91. The van der Waals surface area contributed by atoms with Gasteiger partial charge in [-0.1, -0.05) is 86.3 Å². The van der Waals surface area contributed by atoms with Crippen molar-refractivity contribution in [2.45, 2.75) is 83.2 Å². The zero-order valence-electron chi connectivity index (χ0n) is 29.1. The van der Waals surface area contributed by atoms with Gasteiger partial charge in [-0.3, -0.25) is 14.7 Å². The molecule has 0 bridgehead atoms. The first-order valence-electron chi connectivity index (χ1n) is 18.0. The standard InChI is InChI=1S/C40H57N5O2/c1-4-45(37-20-26-44(27-21-37)30-33-29-42-22-18-38(33)47-3)24-12-7-5-6-11-23-43-25-19-36(31-43)40(39(41)46,34-15-9-8-10-16-34)35-17-13-14-32(2)28-35/h8-10,13-18,22,28-29,36-37H,4-7,11-12,19-21,23-27,30-31H2,1-3H3,(H2,41,46). The molecule has 2 aliphatic heterocycles. The van der Waals surface area contributed by atoms with Gasteiger partial charge in [0.1, 0.15) is 11.2 Å². The molecule has 3 aromatic rings. The number of rotatable bonds is 17. The summed E-state index contributed by atoms with van der Waals surface area (Å²) < 4.78 is 5.53. The van der Waals surface area contributed by atoms with Crippen LogP contribution in [0.15, 0.2) is 73.1 Å². The number of pyridine rings is 1. The molecule has 2 aromatic carbocycles. The molecule has 7 heteroatoms. The number of methoxy groups -OCH3 is 1. The van der Waals surface area contributed by atoms with Crippen LogP contribution in [0.4, 0.5) is 0 Å². The van der Waals surface area contributed by atoms with Gasteiger partial charge < -0.3 is 20.3 Å². The van der Waals surface area contributed by atoms with Gasteiger partial charge in [-0.15, -0.1) is 0 Å². The molecule has 1 aromatic heterocycles. The smallest absolute Gasteiger partial charge is 0.232 e. The highest BCUT2D eigenvalue weighted by atomic mass is 16.5. The summed E-state index contributed by atoms with van der Waals surface area (Å²) in [6.07, 6.45) is 13.5. The molecule has 3 heterocycles. The van der Waals surface area contributed by atoms with E-state index in [1.165, 1.54) is 57.1 Å². The maximum absolute atomic E-state index is 13.5. The molecule has 2 atom stereocenters. The molecule has 5 rings (SSSR count). The molecule has 0 saturated carbocycles. The maximum Gasteiger partial charge on any atom is 0.232 e. The zero-order chi connectivity index (χ0) is 33.1. The lowest BCUT2D eigenvalue weighted by Crippen LogP contribution is -2.49. The maximum atomic E-state index is 13.5. The molecule has 2 unspecified atom stereocenters. The normalized spacial score (nSPS) is 19.2. The van der Waals surface area contributed by atoms with E-state index in [1.807, 2.05) is 30.5 Å².